The van der Waals surface area contributed by atoms with E-state index in [1.807, 2.05) is 30.3 Å². The highest BCUT2D eigenvalue weighted by atomic mass is 19.1. The molecule has 0 fully saturated rings. The molecule has 0 saturated heterocycles. The quantitative estimate of drug-likeness (QED) is 0.552. The van der Waals surface area contributed by atoms with E-state index in [4.69, 9.17) is 0 Å². The molecule has 0 atom stereocenters. The van der Waals surface area contributed by atoms with Crippen LogP contribution in [0, 0.1) is 12.7 Å². The number of nitrogens with zero attached hydrogens (tertiary/aromatic N) is 3. The van der Waals surface area contributed by atoms with Crippen molar-refractivity contribution in [1.29, 1.82) is 0 Å². The van der Waals surface area contributed by atoms with Gasteiger partial charge in [0.25, 0.3) is 11.5 Å². The van der Waals surface area contributed by atoms with E-state index in [-0.39, 0.29) is 17.6 Å². The van der Waals surface area contributed by atoms with Crippen LogP contribution in [0.2, 0.25) is 0 Å². The number of rotatable bonds is 4. The number of hydrogen-bond acceptors (Lipinski definition) is 3. The number of carbonyl (C=O) groups excluding carboxylic acids is 1. The summed E-state index contributed by atoms with van der Waals surface area (Å²) in [6, 6.07) is 15.3. The van der Waals surface area contributed by atoms with Gasteiger partial charge in [-0.05, 0) is 36.2 Å². The molecule has 0 aliphatic rings. The van der Waals surface area contributed by atoms with E-state index in [2.05, 4.69) is 5.32 Å². The molecular weight excluding hydrogens is 399 g/mol. The van der Waals surface area contributed by atoms with Crippen molar-refractivity contribution in [1.82, 2.24) is 13.7 Å². The van der Waals surface area contributed by atoms with Gasteiger partial charge in [0.1, 0.15) is 17.2 Å². The molecule has 0 saturated carbocycles. The van der Waals surface area contributed by atoms with E-state index >= 15 is 0 Å². The number of benzene rings is 2. The first-order chi connectivity index (χ1) is 14.8. The van der Waals surface area contributed by atoms with Crippen molar-refractivity contribution in [2.24, 2.45) is 14.1 Å². The SMILES string of the molecule is Cc1ccc(NC(=O)c2cc3c(=O)n(C)c(=O)n(C)c3n2Cc2ccccc2)cc1F. The first-order valence-electron chi connectivity index (χ1n) is 9.68. The zero-order chi connectivity index (χ0) is 22.3. The second-order valence-electron chi connectivity index (χ2n) is 7.46. The molecule has 0 unspecified atom stereocenters. The van der Waals surface area contributed by atoms with Crippen LogP contribution in [-0.4, -0.2) is 19.6 Å². The van der Waals surface area contributed by atoms with Crippen molar-refractivity contribution in [3.63, 3.8) is 0 Å². The Morgan fingerprint density at radius 1 is 1.00 bits per heavy atom. The average Bonchev–Trinajstić information content (AvgIpc) is 3.13. The van der Waals surface area contributed by atoms with Gasteiger partial charge in [-0.1, -0.05) is 36.4 Å². The van der Waals surface area contributed by atoms with Gasteiger partial charge in [0.2, 0.25) is 0 Å². The van der Waals surface area contributed by atoms with Gasteiger partial charge in [0.05, 0.1) is 5.39 Å². The van der Waals surface area contributed by atoms with Crippen molar-refractivity contribution in [3.8, 4) is 0 Å². The molecule has 4 rings (SSSR count). The highest BCUT2D eigenvalue weighted by molar-refractivity contribution is 6.06. The Morgan fingerprint density at radius 3 is 2.39 bits per heavy atom. The Bertz CT molecular complexity index is 1430. The smallest absolute Gasteiger partial charge is 0.321 e. The predicted molar refractivity (Wildman–Crippen MR) is 117 cm³/mol. The summed E-state index contributed by atoms with van der Waals surface area (Å²) in [5.41, 5.74) is 1.22. The minimum atomic E-state index is -0.509. The molecule has 7 nitrogen and oxygen atoms in total. The van der Waals surface area contributed by atoms with Crippen LogP contribution < -0.4 is 16.6 Å². The third kappa shape index (κ3) is 3.56. The summed E-state index contributed by atoms with van der Waals surface area (Å²) in [5.74, 6) is -0.941. The molecule has 2 heterocycles. The summed E-state index contributed by atoms with van der Waals surface area (Å²) in [6.45, 7) is 1.91. The molecule has 0 bridgehead atoms. The molecule has 0 radical (unpaired) electrons. The number of anilines is 1. The number of nitrogens with one attached hydrogen (secondary N) is 1. The zero-order valence-electron chi connectivity index (χ0n) is 17.3. The molecule has 31 heavy (non-hydrogen) atoms. The lowest BCUT2D eigenvalue weighted by Gasteiger charge is -2.13. The molecule has 0 aliphatic carbocycles. The minimum Gasteiger partial charge on any atom is -0.321 e. The standard InChI is InChI=1S/C23H21FN4O3/c1-14-9-10-16(11-18(14)24)25-20(29)19-12-17-21(26(2)23(31)27(3)22(17)30)28(19)13-15-7-5-4-6-8-15/h4-12H,13H2,1-3H3,(H,25,29). The Balaban J connectivity index is 1.89. The summed E-state index contributed by atoms with van der Waals surface area (Å²) in [4.78, 5) is 38.4. The van der Waals surface area contributed by atoms with E-state index < -0.39 is 23.0 Å². The topological polar surface area (TPSA) is 78.0 Å². The fraction of sp³-hybridized carbons (Fsp3) is 0.174. The number of aryl methyl sites for hydroxylation is 2. The Kier molecular flexibility index (Phi) is 5.06. The maximum Gasteiger partial charge on any atom is 0.332 e. The van der Waals surface area contributed by atoms with Gasteiger partial charge in [0.15, 0.2) is 0 Å². The molecule has 2 aromatic heterocycles. The van der Waals surface area contributed by atoms with Crippen LogP contribution in [0.5, 0.6) is 0 Å². The minimum absolute atomic E-state index is 0.193. The number of carbonyl (C=O) groups is 1. The lowest BCUT2D eigenvalue weighted by molar-refractivity contribution is 0.101. The molecule has 0 spiro atoms. The number of fused-ring (bicyclic) bond motifs is 1. The van der Waals surface area contributed by atoms with E-state index in [1.165, 1.54) is 23.7 Å². The van der Waals surface area contributed by atoms with Gasteiger partial charge in [-0.15, -0.1) is 0 Å². The van der Waals surface area contributed by atoms with Gasteiger partial charge in [-0.25, -0.2) is 9.18 Å². The molecule has 8 heteroatoms. The molecule has 1 amide bonds. The lowest BCUT2D eigenvalue weighted by atomic mass is 10.2. The first-order valence-corrected chi connectivity index (χ1v) is 9.68. The molecule has 4 aromatic rings. The summed E-state index contributed by atoms with van der Waals surface area (Å²) >= 11 is 0. The third-order valence-electron chi connectivity index (χ3n) is 5.34. The number of hydrogen-bond donors (Lipinski definition) is 1. The van der Waals surface area contributed by atoms with E-state index in [1.54, 1.807) is 30.7 Å². The Morgan fingerprint density at radius 2 is 1.71 bits per heavy atom. The fourth-order valence-electron chi connectivity index (χ4n) is 3.62. The van der Waals surface area contributed by atoms with Crippen LogP contribution in [0.15, 0.2) is 64.2 Å². The summed E-state index contributed by atoms with van der Waals surface area (Å²) in [5, 5.41) is 2.94. The van der Waals surface area contributed by atoms with Crippen LogP contribution in [0.25, 0.3) is 11.0 Å². The van der Waals surface area contributed by atoms with Crippen LogP contribution in [0.4, 0.5) is 10.1 Å². The van der Waals surface area contributed by atoms with Crippen molar-refractivity contribution >= 4 is 22.6 Å². The number of halogens is 1. The lowest BCUT2D eigenvalue weighted by Crippen LogP contribution is -2.37. The highest BCUT2D eigenvalue weighted by Gasteiger charge is 2.21. The average molecular weight is 420 g/mol. The maximum atomic E-state index is 13.9. The summed E-state index contributed by atoms with van der Waals surface area (Å²) in [6.07, 6.45) is 0. The molecule has 2 aromatic carbocycles. The second-order valence-corrected chi connectivity index (χ2v) is 7.46. The van der Waals surface area contributed by atoms with Crippen LogP contribution in [0.1, 0.15) is 21.6 Å². The molecule has 0 aliphatic heterocycles. The third-order valence-corrected chi connectivity index (χ3v) is 5.34. The van der Waals surface area contributed by atoms with Crippen molar-refractivity contribution in [3.05, 3.63) is 98.1 Å². The normalized spacial score (nSPS) is 11.1. The Labute approximate surface area is 177 Å². The van der Waals surface area contributed by atoms with Crippen LogP contribution in [-0.2, 0) is 20.6 Å². The molecule has 158 valence electrons. The maximum absolute atomic E-state index is 13.9. The van der Waals surface area contributed by atoms with Crippen molar-refractivity contribution in [2.75, 3.05) is 5.32 Å². The molecule has 1 N–H and O–H groups in total. The van der Waals surface area contributed by atoms with E-state index in [9.17, 15) is 18.8 Å². The van der Waals surface area contributed by atoms with Gasteiger partial charge >= 0.3 is 5.69 Å². The zero-order valence-corrected chi connectivity index (χ0v) is 17.3. The van der Waals surface area contributed by atoms with Gasteiger partial charge < -0.3 is 9.88 Å². The predicted octanol–water partition coefficient (Wildman–Crippen LogP) is 2.79. The summed E-state index contributed by atoms with van der Waals surface area (Å²) < 4.78 is 17.9. The largest absolute Gasteiger partial charge is 0.332 e. The van der Waals surface area contributed by atoms with E-state index in [0.29, 0.717) is 16.9 Å². The second kappa shape index (κ2) is 7.71. The Hall–Kier alpha value is -3.94. The first kappa shape index (κ1) is 20.3. The van der Waals surface area contributed by atoms with Crippen LogP contribution >= 0.6 is 0 Å². The highest BCUT2D eigenvalue weighted by Crippen LogP contribution is 2.20. The van der Waals surface area contributed by atoms with Gasteiger partial charge in [-0.3, -0.25) is 18.7 Å². The van der Waals surface area contributed by atoms with Crippen LogP contribution in [0.3, 0.4) is 0 Å². The summed E-state index contributed by atoms with van der Waals surface area (Å²) in [7, 11) is 2.95. The monoisotopic (exact) mass is 420 g/mol. The number of amides is 1. The van der Waals surface area contributed by atoms with Crippen molar-refractivity contribution in [2.45, 2.75) is 13.5 Å². The fourth-order valence-corrected chi connectivity index (χ4v) is 3.62. The van der Waals surface area contributed by atoms with Crippen molar-refractivity contribution < 1.29 is 9.18 Å². The van der Waals surface area contributed by atoms with Gasteiger partial charge in [-0.2, -0.15) is 0 Å². The van der Waals surface area contributed by atoms with Gasteiger partial charge in [0, 0.05) is 26.3 Å². The number of aromatic nitrogens is 3. The molecular formula is C23H21FN4O3. The van der Waals surface area contributed by atoms with E-state index in [0.717, 1.165) is 10.1 Å².